The van der Waals surface area contributed by atoms with Gasteiger partial charge in [0, 0.05) is 29.3 Å². The molecule has 6 nitrogen and oxygen atoms in total. The molecule has 1 aromatic heterocycles. The van der Waals surface area contributed by atoms with E-state index in [9.17, 15) is 4.79 Å². The average Bonchev–Trinajstić information content (AvgIpc) is 2.76. The van der Waals surface area contributed by atoms with Crippen LogP contribution in [0.25, 0.3) is 0 Å². The minimum atomic E-state index is -0.241. The first-order chi connectivity index (χ1) is 14.1. The molecule has 0 aliphatic heterocycles. The summed E-state index contributed by atoms with van der Waals surface area (Å²) in [6, 6.07) is 15.0. The molecule has 0 saturated carbocycles. The highest BCUT2D eigenvalue weighted by atomic mass is 32.2. The van der Waals surface area contributed by atoms with Crippen molar-refractivity contribution in [2.24, 2.45) is 5.10 Å². The van der Waals surface area contributed by atoms with E-state index in [2.05, 4.69) is 20.5 Å². The molecule has 2 aromatic carbocycles. The number of hydrogen-bond donors (Lipinski definition) is 1. The maximum atomic E-state index is 12.3. The highest BCUT2D eigenvalue weighted by molar-refractivity contribution is 7.98. The summed E-state index contributed by atoms with van der Waals surface area (Å²) in [6.45, 7) is 3.84. The van der Waals surface area contributed by atoms with Crippen LogP contribution in [0.1, 0.15) is 34.0 Å². The number of carbonyl (C=O) groups excluding carboxylic acids is 1. The number of rotatable bonds is 7. The third-order valence-corrected chi connectivity index (χ3v) is 5.16. The topological polar surface area (TPSA) is 76.5 Å². The SMILES string of the molecule is COc1ccc(/C(C)=N\NC(=O)c2ccc(C)cc2)cc1CSc1ncccn1. The minimum absolute atomic E-state index is 0.241. The highest BCUT2D eigenvalue weighted by Crippen LogP contribution is 2.27. The number of amides is 1. The number of nitrogens with one attached hydrogen (secondary N) is 1. The number of hydrazone groups is 1. The molecule has 0 saturated heterocycles. The monoisotopic (exact) mass is 406 g/mol. The first-order valence-electron chi connectivity index (χ1n) is 9.05. The maximum absolute atomic E-state index is 12.3. The molecule has 1 N–H and O–H groups in total. The van der Waals surface area contributed by atoms with Crippen LogP contribution >= 0.6 is 11.8 Å². The molecule has 0 aliphatic rings. The fourth-order valence-electron chi connectivity index (χ4n) is 2.59. The Morgan fingerprint density at radius 3 is 2.48 bits per heavy atom. The second-order valence-corrected chi connectivity index (χ2v) is 7.29. The Kier molecular flexibility index (Phi) is 6.97. The zero-order chi connectivity index (χ0) is 20.6. The molecule has 0 bridgehead atoms. The van der Waals surface area contributed by atoms with Gasteiger partial charge in [-0.2, -0.15) is 5.10 Å². The van der Waals surface area contributed by atoms with Crippen molar-refractivity contribution in [2.75, 3.05) is 7.11 Å². The standard InChI is InChI=1S/C22H22N4O2S/c1-15-5-7-17(8-6-15)21(27)26-25-16(2)18-9-10-20(28-3)19(13-18)14-29-22-23-11-4-12-24-22/h4-13H,14H2,1-3H3,(H,26,27)/b25-16-. The van der Waals surface area contributed by atoms with Gasteiger partial charge in [-0.15, -0.1) is 0 Å². The predicted octanol–water partition coefficient (Wildman–Crippen LogP) is 4.24. The van der Waals surface area contributed by atoms with E-state index in [0.29, 0.717) is 22.2 Å². The fourth-order valence-corrected chi connectivity index (χ4v) is 3.37. The Balaban J connectivity index is 1.72. The van der Waals surface area contributed by atoms with Crippen LogP contribution in [0.3, 0.4) is 0 Å². The van der Waals surface area contributed by atoms with E-state index in [1.54, 1.807) is 37.7 Å². The lowest BCUT2D eigenvalue weighted by Crippen LogP contribution is -2.19. The van der Waals surface area contributed by atoms with Crippen LogP contribution < -0.4 is 10.2 Å². The largest absolute Gasteiger partial charge is 0.496 e. The lowest BCUT2D eigenvalue weighted by atomic mass is 10.1. The van der Waals surface area contributed by atoms with E-state index < -0.39 is 0 Å². The summed E-state index contributed by atoms with van der Waals surface area (Å²) in [7, 11) is 1.64. The number of benzene rings is 2. The lowest BCUT2D eigenvalue weighted by Gasteiger charge is -2.10. The molecular formula is C22H22N4O2S. The molecule has 1 amide bonds. The van der Waals surface area contributed by atoms with Crippen LogP contribution in [0.2, 0.25) is 0 Å². The third-order valence-electron chi connectivity index (χ3n) is 4.24. The van der Waals surface area contributed by atoms with Crippen LogP contribution in [0, 0.1) is 6.92 Å². The maximum Gasteiger partial charge on any atom is 0.271 e. The molecule has 0 fully saturated rings. The van der Waals surface area contributed by atoms with Crippen LogP contribution in [-0.4, -0.2) is 28.7 Å². The van der Waals surface area contributed by atoms with Crippen LogP contribution in [0.15, 0.2) is 71.2 Å². The molecule has 148 valence electrons. The number of aryl methyl sites for hydroxylation is 1. The van der Waals surface area contributed by atoms with Crippen LogP contribution in [-0.2, 0) is 5.75 Å². The number of hydrogen-bond acceptors (Lipinski definition) is 6. The first kappa shape index (κ1) is 20.5. The summed E-state index contributed by atoms with van der Waals surface area (Å²) in [5.41, 5.74) is 6.90. The quantitative estimate of drug-likeness (QED) is 0.275. The minimum Gasteiger partial charge on any atom is -0.496 e. The van der Waals surface area contributed by atoms with Crippen molar-refractivity contribution in [1.82, 2.24) is 15.4 Å². The number of nitrogens with zero attached hydrogens (tertiary/aromatic N) is 3. The predicted molar refractivity (Wildman–Crippen MR) is 115 cm³/mol. The van der Waals surface area contributed by atoms with Gasteiger partial charge in [0.2, 0.25) is 0 Å². The summed E-state index contributed by atoms with van der Waals surface area (Å²) < 4.78 is 5.47. The molecule has 7 heteroatoms. The number of methoxy groups -OCH3 is 1. The van der Waals surface area contributed by atoms with Crippen LogP contribution in [0.5, 0.6) is 5.75 Å². The van der Waals surface area contributed by atoms with Gasteiger partial charge in [0.1, 0.15) is 5.75 Å². The number of ether oxygens (including phenoxy) is 1. The molecule has 3 aromatic rings. The number of aromatic nitrogens is 2. The lowest BCUT2D eigenvalue weighted by molar-refractivity contribution is 0.0955. The molecule has 0 spiro atoms. The Labute approximate surface area is 174 Å². The van der Waals surface area contributed by atoms with Crippen molar-refractivity contribution in [2.45, 2.75) is 24.8 Å². The van der Waals surface area contributed by atoms with Crippen molar-refractivity contribution in [3.05, 3.63) is 83.2 Å². The number of thioether (sulfide) groups is 1. The van der Waals surface area contributed by atoms with E-state index in [-0.39, 0.29) is 5.91 Å². The zero-order valence-electron chi connectivity index (χ0n) is 16.5. The van der Waals surface area contributed by atoms with Gasteiger partial charge in [0.15, 0.2) is 5.16 Å². The average molecular weight is 407 g/mol. The molecule has 0 atom stereocenters. The molecule has 0 unspecified atom stereocenters. The molecule has 0 radical (unpaired) electrons. The van der Waals surface area contributed by atoms with Gasteiger partial charge >= 0.3 is 0 Å². The van der Waals surface area contributed by atoms with E-state index in [1.807, 2.05) is 44.2 Å². The van der Waals surface area contributed by atoms with Crippen molar-refractivity contribution < 1.29 is 9.53 Å². The Morgan fingerprint density at radius 1 is 1.10 bits per heavy atom. The summed E-state index contributed by atoms with van der Waals surface area (Å²) in [5, 5.41) is 4.96. The van der Waals surface area contributed by atoms with Gasteiger partial charge in [-0.25, -0.2) is 15.4 Å². The molecule has 0 aliphatic carbocycles. The second kappa shape index (κ2) is 9.84. The van der Waals surface area contributed by atoms with Gasteiger partial charge in [0.25, 0.3) is 5.91 Å². The van der Waals surface area contributed by atoms with Gasteiger partial charge < -0.3 is 4.74 Å². The summed E-state index contributed by atoms with van der Waals surface area (Å²) in [5.74, 6) is 1.20. The molecule has 1 heterocycles. The first-order valence-corrected chi connectivity index (χ1v) is 10.0. The van der Waals surface area contributed by atoms with Gasteiger partial charge in [-0.3, -0.25) is 4.79 Å². The summed E-state index contributed by atoms with van der Waals surface area (Å²) in [4.78, 5) is 20.7. The summed E-state index contributed by atoms with van der Waals surface area (Å²) in [6.07, 6.45) is 3.44. The second-order valence-electron chi connectivity index (χ2n) is 6.35. The van der Waals surface area contributed by atoms with Gasteiger partial charge in [-0.05, 0) is 55.8 Å². The van der Waals surface area contributed by atoms with Gasteiger partial charge in [0.05, 0.1) is 12.8 Å². The molecular weight excluding hydrogens is 384 g/mol. The van der Waals surface area contributed by atoms with Gasteiger partial charge in [-0.1, -0.05) is 29.5 Å². The molecule has 29 heavy (non-hydrogen) atoms. The summed E-state index contributed by atoms with van der Waals surface area (Å²) >= 11 is 1.53. The van der Waals surface area contributed by atoms with Crippen molar-refractivity contribution in [3.8, 4) is 5.75 Å². The van der Waals surface area contributed by atoms with E-state index in [1.165, 1.54) is 11.8 Å². The number of carbonyl (C=O) groups is 1. The van der Waals surface area contributed by atoms with Crippen molar-refractivity contribution >= 4 is 23.4 Å². The van der Waals surface area contributed by atoms with E-state index in [0.717, 1.165) is 22.4 Å². The zero-order valence-corrected chi connectivity index (χ0v) is 17.4. The fraction of sp³-hybridized carbons (Fsp3) is 0.182. The third kappa shape index (κ3) is 5.65. The normalized spacial score (nSPS) is 11.2. The molecule has 3 rings (SSSR count). The Bertz CT molecular complexity index is 1010. The van der Waals surface area contributed by atoms with Crippen molar-refractivity contribution in [3.63, 3.8) is 0 Å². The Morgan fingerprint density at radius 2 is 1.79 bits per heavy atom. The van der Waals surface area contributed by atoms with E-state index >= 15 is 0 Å². The van der Waals surface area contributed by atoms with Crippen molar-refractivity contribution in [1.29, 1.82) is 0 Å². The van der Waals surface area contributed by atoms with E-state index in [4.69, 9.17) is 4.74 Å². The smallest absolute Gasteiger partial charge is 0.271 e. The van der Waals surface area contributed by atoms with Crippen LogP contribution in [0.4, 0.5) is 0 Å². The Hall–Kier alpha value is -3.19. The highest BCUT2D eigenvalue weighted by Gasteiger charge is 2.09.